The van der Waals surface area contributed by atoms with Crippen LogP contribution in [0.5, 0.6) is 0 Å². The molecule has 4 rings (SSSR count). The Morgan fingerprint density at radius 3 is 2.52 bits per heavy atom. The third-order valence-electron chi connectivity index (χ3n) is 5.11. The lowest BCUT2D eigenvalue weighted by Gasteiger charge is -2.19. The van der Waals surface area contributed by atoms with Crippen LogP contribution in [0.3, 0.4) is 0 Å². The molecule has 0 radical (unpaired) electrons. The van der Waals surface area contributed by atoms with Crippen molar-refractivity contribution in [3.05, 3.63) is 47.2 Å². The molecule has 4 heteroatoms. The van der Waals surface area contributed by atoms with Gasteiger partial charge in [-0.3, -0.25) is 0 Å². The van der Waals surface area contributed by atoms with Gasteiger partial charge < -0.3 is 10.2 Å². The summed E-state index contributed by atoms with van der Waals surface area (Å²) in [5, 5.41) is 3.48. The second kappa shape index (κ2) is 5.84. The van der Waals surface area contributed by atoms with Crippen molar-refractivity contribution < 1.29 is 0 Å². The molecule has 1 saturated heterocycles. The second-order valence-corrected chi connectivity index (χ2v) is 6.89. The van der Waals surface area contributed by atoms with Crippen molar-refractivity contribution >= 4 is 11.8 Å². The number of benzene rings is 1. The van der Waals surface area contributed by atoms with Crippen molar-refractivity contribution in [2.24, 2.45) is 11.8 Å². The second-order valence-electron chi connectivity index (χ2n) is 6.89. The molecule has 0 amide bonds. The summed E-state index contributed by atoms with van der Waals surface area (Å²) in [4.78, 5) is 11.6. The van der Waals surface area contributed by atoms with E-state index in [1.807, 2.05) is 6.20 Å². The number of nitrogens with zero attached hydrogens (tertiary/aromatic N) is 3. The summed E-state index contributed by atoms with van der Waals surface area (Å²) < 4.78 is 0. The fraction of sp³-hybridized carbons (Fsp3) is 0.474. The molecule has 1 aromatic heterocycles. The fourth-order valence-corrected chi connectivity index (χ4v) is 3.40. The maximum Gasteiger partial charge on any atom is 0.227 e. The van der Waals surface area contributed by atoms with E-state index in [4.69, 9.17) is 4.98 Å². The van der Waals surface area contributed by atoms with Crippen LogP contribution in [0.2, 0.25) is 0 Å². The van der Waals surface area contributed by atoms with Gasteiger partial charge in [0.2, 0.25) is 5.95 Å². The van der Waals surface area contributed by atoms with Gasteiger partial charge in [0, 0.05) is 31.4 Å². The van der Waals surface area contributed by atoms with Crippen molar-refractivity contribution in [1.82, 2.24) is 9.97 Å². The molecule has 1 aliphatic carbocycles. The van der Waals surface area contributed by atoms with Gasteiger partial charge in [-0.2, -0.15) is 4.98 Å². The molecule has 120 valence electrons. The van der Waals surface area contributed by atoms with E-state index in [0.29, 0.717) is 0 Å². The zero-order chi connectivity index (χ0) is 15.8. The highest BCUT2D eigenvalue weighted by atomic mass is 15.3. The van der Waals surface area contributed by atoms with Gasteiger partial charge in [-0.1, -0.05) is 31.2 Å². The number of hydrogen-bond acceptors (Lipinski definition) is 4. The molecule has 1 N–H and O–H groups in total. The standard InChI is InChI=1S/C19H24N4/c1-3-14-4-6-15(7-5-14)10-20-18-13(2)9-21-19(22-18)23-11-16-8-17(16)12-23/h4-7,9,16-17H,3,8,10-12H2,1-2H3,(H,20,21,22). The summed E-state index contributed by atoms with van der Waals surface area (Å²) in [6.45, 7) is 7.30. The van der Waals surface area contributed by atoms with Crippen molar-refractivity contribution in [1.29, 1.82) is 0 Å². The lowest BCUT2D eigenvalue weighted by Crippen LogP contribution is -2.24. The predicted octanol–water partition coefficient (Wildman–Crippen LogP) is 3.42. The lowest BCUT2D eigenvalue weighted by molar-refractivity contribution is 0.786. The van der Waals surface area contributed by atoms with E-state index >= 15 is 0 Å². The van der Waals surface area contributed by atoms with Gasteiger partial charge in [-0.05, 0) is 42.7 Å². The lowest BCUT2D eigenvalue weighted by atomic mass is 10.1. The quantitative estimate of drug-likeness (QED) is 0.919. The number of hydrogen-bond donors (Lipinski definition) is 1. The van der Waals surface area contributed by atoms with Crippen LogP contribution >= 0.6 is 0 Å². The molecule has 2 aliphatic rings. The average Bonchev–Trinajstić information content (AvgIpc) is 3.20. The number of aryl methyl sites for hydroxylation is 2. The molecule has 1 aliphatic heterocycles. The van der Waals surface area contributed by atoms with Gasteiger partial charge in [0.25, 0.3) is 0 Å². The minimum Gasteiger partial charge on any atom is -0.366 e. The van der Waals surface area contributed by atoms with E-state index in [1.54, 1.807) is 0 Å². The summed E-state index contributed by atoms with van der Waals surface area (Å²) in [6, 6.07) is 8.78. The first kappa shape index (κ1) is 14.5. The van der Waals surface area contributed by atoms with E-state index in [1.165, 1.54) is 17.5 Å². The van der Waals surface area contributed by atoms with Crippen LogP contribution in [0.25, 0.3) is 0 Å². The topological polar surface area (TPSA) is 41.1 Å². The van der Waals surface area contributed by atoms with E-state index in [2.05, 4.69) is 53.3 Å². The highest BCUT2D eigenvalue weighted by Gasteiger charge is 2.45. The van der Waals surface area contributed by atoms with Crippen LogP contribution < -0.4 is 10.2 Å². The predicted molar refractivity (Wildman–Crippen MR) is 93.7 cm³/mol. The smallest absolute Gasteiger partial charge is 0.227 e. The highest BCUT2D eigenvalue weighted by Crippen LogP contribution is 2.45. The Morgan fingerprint density at radius 1 is 1.13 bits per heavy atom. The van der Waals surface area contributed by atoms with Crippen LogP contribution in [0.1, 0.15) is 30.0 Å². The fourth-order valence-electron chi connectivity index (χ4n) is 3.40. The first-order valence-electron chi connectivity index (χ1n) is 8.63. The zero-order valence-electron chi connectivity index (χ0n) is 13.9. The number of piperidine rings is 1. The summed E-state index contributed by atoms with van der Waals surface area (Å²) >= 11 is 0. The van der Waals surface area contributed by atoms with E-state index in [-0.39, 0.29) is 0 Å². The minimum atomic E-state index is 0.798. The molecule has 1 saturated carbocycles. The van der Waals surface area contributed by atoms with Gasteiger partial charge in [-0.25, -0.2) is 4.98 Å². The van der Waals surface area contributed by atoms with Crippen molar-refractivity contribution in [3.63, 3.8) is 0 Å². The molecule has 4 nitrogen and oxygen atoms in total. The monoisotopic (exact) mass is 308 g/mol. The van der Waals surface area contributed by atoms with Gasteiger partial charge >= 0.3 is 0 Å². The van der Waals surface area contributed by atoms with Gasteiger partial charge in [0.15, 0.2) is 0 Å². The third-order valence-corrected chi connectivity index (χ3v) is 5.11. The molecule has 1 aromatic carbocycles. The Kier molecular flexibility index (Phi) is 3.68. The van der Waals surface area contributed by atoms with Crippen LogP contribution in [-0.2, 0) is 13.0 Å². The molecule has 2 unspecified atom stereocenters. The maximum atomic E-state index is 4.76. The largest absolute Gasteiger partial charge is 0.366 e. The number of rotatable bonds is 5. The molecule has 2 atom stereocenters. The first-order chi connectivity index (χ1) is 11.2. The SMILES string of the molecule is CCc1ccc(CNc2nc(N3CC4CC4C3)ncc2C)cc1. The Balaban J connectivity index is 1.44. The number of aromatic nitrogens is 2. The summed E-state index contributed by atoms with van der Waals surface area (Å²) in [5.74, 6) is 3.63. The van der Waals surface area contributed by atoms with E-state index in [0.717, 1.165) is 55.2 Å². The van der Waals surface area contributed by atoms with Crippen LogP contribution in [0.4, 0.5) is 11.8 Å². The van der Waals surface area contributed by atoms with Crippen LogP contribution in [0, 0.1) is 18.8 Å². The summed E-state index contributed by atoms with van der Waals surface area (Å²) in [5.41, 5.74) is 3.76. The molecule has 2 aromatic rings. The molecular weight excluding hydrogens is 284 g/mol. The summed E-state index contributed by atoms with van der Waals surface area (Å²) in [7, 11) is 0. The van der Waals surface area contributed by atoms with Crippen molar-refractivity contribution in [3.8, 4) is 0 Å². The normalized spacial score (nSPS) is 22.1. The van der Waals surface area contributed by atoms with Crippen molar-refractivity contribution in [2.45, 2.75) is 33.2 Å². The number of nitrogens with one attached hydrogen (secondary N) is 1. The third kappa shape index (κ3) is 3.03. The summed E-state index contributed by atoms with van der Waals surface area (Å²) in [6.07, 6.45) is 4.43. The average molecular weight is 308 g/mol. The number of anilines is 2. The minimum absolute atomic E-state index is 0.798. The van der Waals surface area contributed by atoms with Gasteiger partial charge in [0.1, 0.15) is 5.82 Å². The zero-order valence-corrected chi connectivity index (χ0v) is 13.9. The van der Waals surface area contributed by atoms with E-state index in [9.17, 15) is 0 Å². The van der Waals surface area contributed by atoms with E-state index < -0.39 is 0 Å². The number of fused-ring (bicyclic) bond motifs is 1. The first-order valence-corrected chi connectivity index (χ1v) is 8.63. The highest BCUT2D eigenvalue weighted by molar-refractivity contribution is 5.48. The maximum absolute atomic E-state index is 4.76. The Hall–Kier alpha value is -2.10. The Morgan fingerprint density at radius 2 is 1.83 bits per heavy atom. The Labute approximate surface area is 138 Å². The molecular formula is C19H24N4. The van der Waals surface area contributed by atoms with Crippen LogP contribution in [0.15, 0.2) is 30.5 Å². The molecule has 23 heavy (non-hydrogen) atoms. The van der Waals surface area contributed by atoms with Gasteiger partial charge in [-0.15, -0.1) is 0 Å². The molecule has 0 bridgehead atoms. The molecule has 2 heterocycles. The molecule has 2 fully saturated rings. The molecule has 0 spiro atoms. The van der Waals surface area contributed by atoms with Crippen LogP contribution in [-0.4, -0.2) is 23.1 Å². The Bertz CT molecular complexity index is 685. The van der Waals surface area contributed by atoms with Gasteiger partial charge in [0.05, 0.1) is 0 Å². The van der Waals surface area contributed by atoms with Crippen molar-refractivity contribution in [2.75, 3.05) is 23.3 Å².